The lowest BCUT2D eigenvalue weighted by Gasteiger charge is -2.17. The third-order valence-corrected chi connectivity index (χ3v) is 7.19. The van der Waals surface area contributed by atoms with E-state index in [0.717, 1.165) is 27.6 Å². The largest absolute Gasteiger partial charge is 0.493 e. The summed E-state index contributed by atoms with van der Waals surface area (Å²) < 4.78 is 1.80. The van der Waals surface area contributed by atoms with E-state index in [1.165, 1.54) is 0 Å². The average molecular weight is 472 g/mol. The Bertz CT molecular complexity index is 1520. The number of hydrogen-bond acceptors (Lipinski definition) is 3. The van der Waals surface area contributed by atoms with Crippen molar-refractivity contribution in [3.63, 3.8) is 0 Å². The van der Waals surface area contributed by atoms with Crippen LogP contribution in [0.15, 0.2) is 125 Å². The van der Waals surface area contributed by atoms with E-state index in [1.807, 2.05) is 91.0 Å². The molecule has 1 heterocycles. The minimum atomic E-state index is -0.401. The minimum absolute atomic E-state index is 0.00443. The number of carbonyl (C=O) groups excluding carboxylic acids is 1. The van der Waals surface area contributed by atoms with Crippen LogP contribution in [0.5, 0.6) is 5.88 Å². The molecule has 0 aliphatic heterocycles. The highest BCUT2D eigenvalue weighted by atomic mass is 16.3. The van der Waals surface area contributed by atoms with Gasteiger partial charge in [-0.25, -0.2) is 0 Å². The fourth-order valence-corrected chi connectivity index (χ4v) is 5.30. The predicted molar refractivity (Wildman–Crippen MR) is 140 cm³/mol. The van der Waals surface area contributed by atoms with E-state index in [0.29, 0.717) is 18.7 Å². The third kappa shape index (κ3) is 3.69. The lowest BCUT2D eigenvalue weighted by Crippen LogP contribution is -2.16. The highest BCUT2D eigenvalue weighted by Crippen LogP contribution is 2.59. The molecule has 0 radical (unpaired) electrons. The van der Waals surface area contributed by atoms with Gasteiger partial charge in [0, 0.05) is 10.8 Å². The van der Waals surface area contributed by atoms with Crippen molar-refractivity contribution < 1.29 is 9.90 Å². The third-order valence-electron chi connectivity index (χ3n) is 7.19. The van der Waals surface area contributed by atoms with Gasteiger partial charge in [0.15, 0.2) is 5.69 Å². The molecule has 1 N–H and O–H groups in total. The van der Waals surface area contributed by atoms with E-state index >= 15 is 0 Å². The number of aromatic nitrogens is 1. The van der Waals surface area contributed by atoms with Crippen LogP contribution in [-0.4, -0.2) is 15.6 Å². The second kappa shape index (κ2) is 8.93. The van der Waals surface area contributed by atoms with Crippen molar-refractivity contribution >= 4 is 22.5 Å². The van der Waals surface area contributed by atoms with Gasteiger partial charge in [-0.2, -0.15) is 0 Å². The van der Waals surface area contributed by atoms with Crippen molar-refractivity contribution in [2.45, 2.75) is 18.4 Å². The van der Waals surface area contributed by atoms with Gasteiger partial charge in [0.1, 0.15) is 0 Å². The van der Waals surface area contributed by atoms with Gasteiger partial charge in [0.2, 0.25) is 5.88 Å². The molecule has 0 saturated heterocycles. The summed E-state index contributed by atoms with van der Waals surface area (Å²) in [5, 5.41) is 20.3. The number of rotatable bonds is 6. The van der Waals surface area contributed by atoms with E-state index in [4.69, 9.17) is 0 Å². The summed E-state index contributed by atoms with van der Waals surface area (Å²) in [4.78, 5) is 13.3. The van der Waals surface area contributed by atoms with Crippen molar-refractivity contribution in [3.05, 3.63) is 132 Å². The summed E-state index contributed by atoms with van der Waals surface area (Å²) in [5.41, 5.74) is 4.03. The van der Waals surface area contributed by atoms with E-state index in [2.05, 4.69) is 34.5 Å². The van der Waals surface area contributed by atoms with Crippen LogP contribution in [0.25, 0.3) is 10.9 Å². The molecule has 4 aromatic carbocycles. The zero-order chi connectivity index (χ0) is 24.5. The molecule has 0 unspecified atom stereocenters. The van der Waals surface area contributed by atoms with Gasteiger partial charge in [0.05, 0.1) is 18.0 Å². The normalized spacial score (nSPS) is 16.4. The van der Waals surface area contributed by atoms with Crippen LogP contribution >= 0.6 is 0 Å². The summed E-state index contributed by atoms with van der Waals surface area (Å²) in [5.74, 6) is -0.572. The van der Waals surface area contributed by atoms with Crippen molar-refractivity contribution in [2.75, 3.05) is 0 Å². The lowest BCUT2D eigenvalue weighted by molar-refractivity contribution is -0.119. The van der Waals surface area contributed by atoms with Gasteiger partial charge in [-0.05, 0) is 29.2 Å². The van der Waals surface area contributed by atoms with Crippen LogP contribution in [0.1, 0.15) is 23.1 Å². The molecule has 1 fully saturated rings. The van der Waals surface area contributed by atoms with Crippen LogP contribution < -0.4 is 0 Å². The fourth-order valence-electron chi connectivity index (χ4n) is 5.30. The molecule has 0 spiro atoms. The maximum Gasteiger partial charge on any atom is 0.269 e. The van der Waals surface area contributed by atoms with Gasteiger partial charge in [-0.15, -0.1) is 10.2 Å². The monoisotopic (exact) mass is 471 g/mol. The van der Waals surface area contributed by atoms with Crippen molar-refractivity contribution in [3.8, 4) is 5.88 Å². The molecule has 1 aliphatic carbocycles. The van der Waals surface area contributed by atoms with E-state index < -0.39 is 5.41 Å². The Morgan fingerprint density at radius 3 is 2.00 bits per heavy atom. The number of para-hydroxylation sites is 1. The standard InChI is InChI=1S/C31H25N3O2/c35-29(26-20-31(26,23-14-6-2-7-15-23)24-16-8-3-9-17-24)33-32-28-25-18-10-11-19-27(25)34(30(28)36)21-22-12-4-1-5-13-22/h1-19,26,36H,20-21H2/t26-/m1/s1. The van der Waals surface area contributed by atoms with E-state index in [9.17, 15) is 9.90 Å². The molecule has 36 heavy (non-hydrogen) atoms. The molecule has 0 bridgehead atoms. The van der Waals surface area contributed by atoms with E-state index in [-0.39, 0.29) is 17.7 Å². The van der Waals surface area contributed by atoms with Gasteiger partial charge in [0.25, 0.3) is 5.91 Å². The molecule has 1 saturated carbocycles. The molecule has 5 aromatic rings. The molecule has 176 valence electrons. The first kappa shape index (κ1) is 22.0. The van der Waals surface area contributed by atoms with Crippen LogP contribution in [0, 0.1) is 5.92 Å². The first-order valence-electron chi connectivity index (χ1n) is 12.1. The Labute approximate surface area is 209 Å². The summed E-state index contributed by atoms with van der Waals surface area (Å²) in [6.07, 6.45) is 0.681. The van der Waals surface area contributed by atoms with E-state index in [1.54, 1.807) is 4.57 Å². The molecule has 1 amide bonds. The first-order chi connectivity index (χ1) is 17.7. The van der Waals surface area contributed by atoms with Crippen molar-refractivity contribution in [1.29, 1.82) is 0 Å². The molecule has 5 nitrogen and oxygen atoms in total. The van der Waals surface area contributed by atoms with Crippen LogP contribution in [0.2, 0.25) is 0 Å². The molecule has 6 rings (SSSR count). The number of fused-ring (bicyclic) bond motifs is 1. The summed E-state index contributed by atoms with van der Waals surface area (Å²) in [7, 11) is 0. The number of aromatic hydroxyl groups is 1. The molecule has 5 heteroatoms. The zero-order valence-corrected chi connectivity index (χ0v) is 19.7. The Balaban J connectivity index is 1.34. The zero-order valence-electron chi connectivity index (χ0n) is 19.7. The van der Waals surface area contributed by atoms with Crippen molar-refractivity contribution in [1.82, 2.24) is 4.57 Å². The quantitative estimate of drug-likeness (QED) is 0.271. The second-order valence-corrected chi connectivity index (χ2v) is 9.26. The SMILES string of the molecule is O=C(N=Nc1c(O)n(Cc2ccccc2)c2ccccc12)[C@H]1CC1(c1ccccc1)c1ccccc1. The Morgan fingerprint density at radius 2 is 1.36 bits per heavy atom. The Morgan fingerprint density at radius 1 is 0.806 bits per heavy atom. The van der Waals surface area contributed by atoms with Crippen LogP contribution in [0.4, 0.5) is 5.69 Å². The van der Waals surface area contributed by atoms with Crippen LogP contribution in [0.3, 0.4) is 0 Å². The number of benzene rings is 4. The van der Waals surface area contributed by atoms with Crippen molar-refractivity contribution in [2.24, 2.45) is 16.1 Å². The lowest BCUT2D eigenvalue weighted by atomic mass is 9.85. The topological polar surface area (TPSA) is 66.9 Å². The highest BCUT2D eigenvalue weighted by molar-refractivity contribution is 5.95. The number of amides is 1. The van der Waals surface area contributed by atoms with Gasteiger partial charge in [-0.3, -0.25) is 4.79 Å². The Hall–Kier alpha value is -4.51. The predicted octanol–water partition coefficient (Wildman–Crippen LogP) is 7.01. The highest BCUT2D eigenvalue weighted by Gasteiger charge is 2.60. The number of azo groups is 1. The molecule has 1 aliphatic rings. The Kier molecular flexibility index (Phi) is 5.45. The van der Waals surface area contributed by atoms with Gasteiger partial charge in [-0.1, -0.05) is 109 Å². The molecular formula is C31H25N3O2. The summed E-state index contributed by atoms with van der Waals surface area (Å²) in [6, 6.07) is 37.8. The molecular weight excluding hydrogens is 446 g/mol. The maximum absolute atomic E-state index is 13.3. The van der Waals surface area contributed by atoms with Crippen LogP contribution in [-0.2, 0) is 16.8 Å². The number of carbonyl (C=O) groups is 1. The summed E-state index contributed by atoms with van der Waals surface area (Å²) >= 11 is 0. The average Bonchev–Trinajstić information content (AvgIpc) is 3.65. The molecule has 1 atom stereocenters. The smallest absolute Gasteiger partial charge is 0.269 e. The first-order valence-corrected chi connectivity index (χ1v) is 12.1. The molecule has 1 aromatic heterocycles. The number of hydrogen-bond donors (Lipinski definition) is 1. The fraction of sp³-hybridized carbons (Fsp3) is 0.129. The minimum Gasteiger partial charge on any atom is -0.493 e. The summed E-state index contributed by atoms with van der Waals surface area (Å²) in [6.45, 7) is 0.490. The second-order valence-electron chi connectivity index (χ2n) is 9.26. The van der Waals surface area contributed by atoms with Gasteiger partial charge < -0.3 is 9.67 Å². The number of nitrogens with zero attached hydrogens (tertiary/aromatic N) is 3. The maximum atomic E-state index is 13.3. The van der Waals surface area contributed by atoms with Gasteiger partial charge >= 0.3 is 0 Å².